The van der Waals surface area contributed by atoms with Crippen LogP contribution in [0.4, 0.5) is 11.4 Å². The van der Waals surface area contributed by atoms with E-state index in [1.807, 2.05) is 74.5 Å². The van der Waals surface area contributed by atoms with Crippen molar-refractivity contribution in [1.29, 1.82) is 0 Å². The van der Waals surface area contributed by atoms with Crippen molar-refractivity contribution in [2.24, 2.45) is 0 Å². The highest BCUT2D eigenvalue weighted by Gasteiger charge is 2.23. The van der Waals surface area contributed by atoms with Crippen molar-refractivity contribution in [2.75, 3.05) is 10.6 Å². The molecule has 0 aliphatic carbocycles. The average molecular weight is 561 g/mol. The van der Waals surface area contributed by atoms with Gasteiger partial charge in [0.15, 0.2) is 0 Å². The predicted octanol–water partition coefficient (Wildman–Crippen LogP) is 7.88. The van der Waals surface area contributed by atoms with Gasteiger partial charge in [-0.25, -0.2) is 4.79 Å². The van der Waals surface area contributed by atoms with E-state index in [4.69, 9.17) is 0 Å². The maximum atomic E-state index is 13.5. The van der Waals surface area contributed by atoms with Gasteiger partial charge in [0.1, 0.15) is 5.25 Å². The number of nitrogens with one attached hydrogen (secondary N) is 2. The number of rotatable bonds is 8. The zero-order chi connectivity index (χ0) is 28.9. The van der Waals surface area contributed by atoms with Crippen molar-refractivity contribution in [2.45, 2.75) is 24.0 Å². The Morgan fingerprint density at radius 1 is 0.707 bits per heavy atom. The molecule has 7 heteroatoms. The van der Waals surface area contributed by atoms with Crippen LogP contribution in [-0.2, 0) is 4.79 Å². The van der Waals surface area contributed by atoms with Crippen LogP contribution >= 0.6 is 11.8 Å². The first-order valence-electron chi connectivity index (χ1n) is 13.1. The molecule has 0 saturated heterocycles. The molecule has 3 N–H and O–H groups in total. The number of anilines is 2. The van der Waals surface area contributed by atoms with Crippen LogP contribution in [0.25, 0.3) is 10.8 Å². The molecule has 0 aliphatic rings. The molecule has 1 atom stereocenters. The van der Waals surface area contributed by atoms with Gasteiger partial charge >= 0.3 is 5.97 Å². The van der Waals surface area contributed by atoms with Crippen LogP contribution in [0.15, 0.2) is 114 Å². The number of amides is 2. The van der Waals surface area contributed by atoms with E-state index in [0.717, 1.165) is 27.3 Å². The largest absolute Gasteiger partial charge is 0.478 e. The van der Waals surface area contributed by atoms with Gasteiger partial charge in [-0.2, -0.15) is 0 Å². The van der Waals surface area contributed by atoms with Gasteiger partial charge in [0.2, 0.25) is 5.91 Å². The summed E-state index contributed by atoms with van der Waals surface area (Å²) in [6, 6.07) is 32.8. The fraction of sp³-hybridized carbons (Fsp3) is 0.0882. The first kappa shape index (κ1) is 27.7. The third-order valence-electron chi connectivity index (χ3n) is 6.95. The highest BCUT2D eigenvalue weighted by atomic mass is 32.2. The molecule has 204 valence electrons. The highest BCUT2D eigenvalue weighted by molar-refractivity contribution is 8.00. The fourth-order valence-electron chi connectivity index (χ4n) is 4.65. The molecule has 6 nitrogen and oxygen atoms in total. The van der Waals surface area contributed by atoms with E-state index in [1.54, 1.807) is 42.5 Å². The summed E-state index contributed by atoms with van der Waals surface area (Å²) in [6.07, 6.45) is 0. The van der Waals surface area contributed by atoms with Gasteiger partial charge in [-0.15, -0.1) is 11.8 Å². The molecule has 0 bridgehead atoms. The number of carboxylic acids is 1. The van der Waals surface area contributed by atoms with Gasteiger partial charge in [0, 0.05) is 27.2 Å². The first-order chi connectivity index (χ1) is 19.8. The van der Waals surface area contributed by atoms with Gasteiger partial charge in [-0.3, -0.25) is 9.59 Å². The van der Waals surface area contributed by atoms with Crippen molar-refractivity contribution < 1.29 is 19.5 Å². The van der Waals surface area contributed by atoms with Gasteiger partial charge in [0.05, 0.1) is 5.56 Å². The lowest BCUT2D eigenvalue weighted by molar-refractivity contribution is -0.115. The number of thioether (sulfide) groups is 1. The molecule has 0 aliphatic heterocycles. The zero-order valence-electron chi connectivity index (χ0n) is 22.5. The topological polar surface area (TPSA) is 95.5 Å². The predicted molar refractivity (Wildman–Crippen MR) is 165 cm³/mol. The number of carboxylic acid groups (broad SMARTS) is 1. The Balaban J connectivity index is 1.36. The van der Waals surface area contributed by atoms with E-state index in [-0.39, 0.29) is 17.0 Å². The summed E-state index contributed by atoms with van der Waals surface area (Å²) < 4.78 is 0. The lowest BCUT2D eigenvalue weighted by atomic mass is 9.98. The summed E-state index contributed by atoms with van der Waals surface area (Å²) in [7, 11) is 0. The summed E-state index contributed by atoms with van der Waals surface area (Å²) in [5.74, 6) is -1.62. The average Bonchev–Trinajstić information content (AvgIpc) is 2.98. The van der Waals surface area contributed by atoms with E-state index >= 15 is 0 Å². The molecule has 0 heterocycles. The van der Waals surface area contributed by atoms with E-state index in [2.05, 4.69) is 10.6 Å². The Labute approximate surface area is 242 Å². The number of carbonyl (C=O) groups is 3. The van der Waals surface area contributed by atoms with Crippen LogP contribution in [0, 0.1) is 13.8 Å². The van der Waals surface area contributed by atoms with Crippen LogP contribution in [-0.4, -0.2) is 22.9 Å². The normalized spacial score (nSPS) is 11.6. The lowest BCUT2D eigenvalue weighted by Gasteiger charge is -2.19. The number of hydrogen-bond acceptors (Lipinski definition) is 4. The molecule has 0 aromatic heterocycles. The summed E-state index contributed by atoms with van der Waals surface area (Å²) in [5.41, 5.74) is 4.71. The summed E-state index contributed by atoms with van der Waals surface area (Å²) in [4.78, 5) is 39.4. The molecular weight excluding hydrogens is 532 g/mol. The molecule has 41 heavy (non-hydrogen) atoms. The number of aryl methyl sites for hydroxylation is 1. The van der Waals surface area contributed by atoms with Crippen molar-refractivity contribution in [1.82, 2.24) is 0 Å². The third kappa shape index (κ3) is 6.15. The molecule has 5 rings (SSSR count). The van der Waals surface area contributed by atoms with Crippen LogP contribution in [0.3, 0.4) is 0 Å². The number of benzene rings is 5. The standard InChI is InChI=1S/C34H28N2O4S/c1-21-9-6-16-29(22(21)2)36-33(38)31(24-10-4-3-5-11-24)41-26-19-17-25(18-20-26)35-32(37)27-14-7-12-23-13-8-15-28(30(23)27)34(39)40/h3-20,31H,1-2H3,(H,35,37)(H,36,38)(H,39,40). The molecule has 0 spiro atoms. The Morgan fingerprint density at radius 3 is 2.05 bits per heavy atom. The van der Waals surface area contributed by atoms with Crippen LogP contribution in [0.5, 0.6) is 0 Å². The fourth-order valence-corrected chi connectivity index (χ4v) is 5.67. The molecule has 1 unspecified atom stereocenters. The highest BCUT2D eigenvalue weighted by Crippen LogP contribution is 2.37. The monoisotopic (exact) mass is 560 g/mol. The summed E-state index contributed by atoms with van der Waals surface area (Å²) in [5, 5.41) is 16.2. The molecule has 5 aromatic rings. The van der Waals surface area contributed by atoms with Gasteiger partial charge in [-0.1, -0.05) is 66.7 Å². The van der Waals surface area contributed by atoms with Gasteiger partial charge < -0.3 is 15.7 Å². The second-order valence-electron chi connectivity index (χ2n) is 9.64. The van der Waals surface area contributed by atoms with Crippen molar-refractivity contribution in [3.8, 4) is 0 Å². The van der Waals surface area contributed by atoms with Crippen LogP contribution in [0.2, 0.25) is 0 Å². The molecule has 0 saturated carbocycles. The van der Waals surface area contributed by atoms with E-state index < -0.39 is 17.1 Å². The minimum Gasteiger partial charge on any atom is -0.478 e. The summed E-state index contributed by atoms with van der Waals surface area (Å²) in [6.45, 7) is 4.00. The summed E-state index contributed by atoms with van der Waals surface area (Å²) >= 11 is 1.42. The zero-order valence-corrected chi connectivity index (χ0v) is 23.4. The van der Waals surface area contributed by atoms with E-state index in [0.29, 0.717) is 16.5 Å². The second-order valence-corrected chi connectivity index (χ2v) is 10.8. The van der Waals surface area contributed by atoms with Gasteiger partial charge in [0.25, 0.3) is 5.91 Å². The third-order valence-corrected chi connectivity index (χ3v) is 8.22. The molecule has 5 aromatic carbocycles. The maximum Gasteiger partial charge on any atom is 0.336 e. The second kappa shape index (κ2) is 12.1. The van der Waals surface area contributed by atoms with Crippen LogP contribution < -0.4 is 10.6 Å². The molecule has 0 radical (unpaired) electrons. The lowest BCUT2D eigenvalue weighted by Crippen LogP contribution is -2.19. The van der Waals surface area contributed by atoms with Gasteiger partial charge in [-0.05, 0) is 78.4 Å². The number of carbonyl (C=O) groups excluding carboxylic acids is 2. The number of fused-ring (bicyclic) bond motifs is 1. The minimum absolute atomic E-state index is 0.0751. The quantitative estimate of drug-likeness (QED) is 0.168. The van der Waals surface area contributed by atoms with E-state index in [1.165, 1.54) is 17.8 Å². The maximum absolute atomic E-state index is 13.5. The SMILES string of the molecule is Cc1cccc(NC(=O)C(Sc2ccc(NC(=O)c3cccc4cccc(C(=O)O)c34)cc2)c2ccccc2)c1C. The number of aromatic carboxylic acids is 1. The van der Waals surface area contributed by atoms with E-state index in [9.17, 15) is 19.5 Å². The van der Waals surface area contributed by atoms with Crippen molar-refractivity contribution in [3.63, 3.8) is 0 Å². The number of hydrogen-bond donors (Lipinski definition) is 3. The minimum atomic E-state index is -1.09. The molecule has 2 amide bonds. The Kier molecular flexibility index (Phi) is 8.17. The Morgan fingerprint density at radius 2 is 1.37 bits per heavy atom. The Bertz CT molecular complexity index is 1750. The molecular formula is C34H28N2O4S. The molecule has 0 fully saturated rings. The Hall–Kier alpha value is -4.88. The first-order valence-corrected chi connectivity index (χ1v) is 13.9. The smallest absolute Gasteiger partial charge is 0.336 e. The van der Waals surface area contributed by atoms with Crippen LogP contribution in [0.1, 0.15) is 42.7 Å². The van der Waals surface area contributed by atoms with Crippen molar-refractivity contribution >= 4 is 51.7 Å². The van der Waals surface area contributed by atoms with Crippen molar-refractivity contribution in [3.05, 3.63) is 137 Å².